The van der Waals surface area contributed by atoms with Gasteiger partial charge in [0.2, 0.25) is 5.82 Å². The molecule has 0 unspecified atom stereocenters. The number of aromatic hydroxyl groups is 1. The molecule has 3 rings (SSSR count). The van der Waals surface area contributed by atoms with Crippen molar-refractivity contribution in [1.29, 1.82) is 0 Å². The first kappa shape index (κ1) is 13.2. The number of aryl methyl sites for hydroxylation is 1. The molecule has 0 bridgehead atoms. The van der Waals surface area contributed by atoms with Crippen molar-refractivity contribution in [2.45, 2.75) is 6.92 Å². The molecule has 106 valence electrons. The predicted octanol–water partition coefficient (Wildman–Crippen LogP) is 3.70. The molecule has 0 radical (unpaired) electrons. The molecule has 3 aromatic rings. The summed E-state index contributed by atoms with van der Waals surface area (Å²) in [4.78, 5) is 4.09. The topological polar surface area (TPSA) is 59.2 Å². The first-order chi connectivity index (χ1) is 10.0. The van der Waals surface area contributed by atoms with Crippen LogP contribution in [0.1, 0.15) is 5.56 Å². The lowest BCUT2D eigenvalue weighted by atomic mass is 10.1. The van der Waals surface area contributed by atoms with Crippen LogP contribution in [0.4, 0.5) is 8.78 Å². The van der Waals surface area contributed by atoms with E-state index in [9.17, 15) is 13.9 Å². The van der Waals surface area contributed by atoms with Crippen molar-refractivity contribution < 1.29 is 18.4 Å². The largest absolute Gasteiger partial charge is 0.507 e. The highest BCUT2D eigenvalue weighted by atomic mass is 19.1. The number of phenols is 1. The molecule has 0 aliphatic carbocycles. The summed E-state index contributed by atoms with van der Waals surface area (Å²) in [5.41, 5.74) is 1.18. The van der Waals surface area contributed by atoms with Gasteiger partial charge in [-0.05, 0) is 30.7 Å². The molecule has 0 aliphatic rings. The Labute approximate surface area is 118 Å². The Bertz CT molecular complexity index is 815. The Hall–Kier alpha value is -2.76. The van der Waals surface area contributed by atoms with Crippen LogP contribution in [-0.4, -0.2) is 15.2 Å². The third-order valence-corrected chi connectivity index (χ3v) is 3.05. The molecule has 4 nitrogen and oxygen atoms in total. The Balaban J connectivity index is 2.01. The summed E-state index contributed by atoms with van der Waals surface area (Å²) in [6.45, 7) is 1.65. The van der Waals surface area contributed by atoms with Crippen molar-refractivity contribution in [2.75, 3.05) is 0 Å². The maximum Gasteiger partial charge on any atom is 0.262 e. The van der Waals surface area contributed by atoms with Gasteiger partial charge in [0, 0.05) is 11.6 Å². The summed E-state index contributed by atoms with van der Waals surface area (Å²) >= 11 is 0. The van der Waals surface area contributed by atoms with E-state index >= 15 is 0 Å². The smallest absolute Gasteiger partial charge is 0.262 e. The summed E-state index contributed by atoms with van der Waals surface area (Å²) in [5.74, 6) is -1.03. The fraction of sp³-hybridized carbons (Fsp3) is 0.0667. The van der Waals surface area contributed by atoms with E-state index in [1.807, 2.05) is 0 Å². The van der Waals surface area contributed by atoms with E-state index < -0.39 is 5.82 Å². The van der Waals surface area contributed by atoms with Crippen molar-refractivity contribution in [3.8, 4) is 28.6 Å². The zero-order valence-corrected chi connectivity index (χ0v) is 11.0. The van der Waals surface area contributed by atoms with Crippen LogP contribution in [0.2, 0.25) is 0 Å². The number of benzene rings is 2. The molecule has 1 N–H and O–H groups in total. The maximum atomic E-state index is 13.5. The van der Waals surface area contributed by atoms with Crippen molar-refractivity contribution in [3.05, 3.63) is 53.6 Å². The van der Waals surface area contributed by atoms with E-state index in [1.54, 1.807) is 19.1 Å². The number of nitrogens with zero attached hydrogens (tertiary/aromatic N) is 2. The van der Waals surface area contributed by atoms with Crippen LogP contribution in [0.15, 0.2) is 40.9 Å². The van der Waals surface area contributed by atoms with Gasteiger partial charge in [-0.25, -0.2) is 8.78 Å². The van der Waals surface area contributed by atoms with Gasteiger partial charge < -0.3 is 9.63 Å². The molecule has 0 saturated carbocycles. The van der Waals surface area contributed by atoms with Gasteiger partial charge >= 0.3 is 0 Å². The Kier molecular flexibility index (Phi) is 3.13. The average molecular weight is 288 g/mol. The van der Waals surface area contributed by atoms with Gasteiger partial charge in [-0.1, -0.05) is 17.3 Å². The second kappa shape index (κ2) is 4.97. The standard InChI is InChI=1S/C15H10F2N2O2/c1-8-2-3-9(6-12(8)17)14-18-15(21-19-14)11-5-4-10(16)7-13(11)20/h2-7,20H,1H3. The highest BCUT2D eigenvalue weighted by Gasteiger charge is 2.15. The van der Waals surface area contributed by atoms with Crippen molar-refractivity contribution >= 4 is 0 Å². The fourth-order valence-corrected chi connectivity index (χ4v) is 1.87. The summed E-state index contributed by atoms with van der Waals surface area (Å²) in [6, 6.07) is 8.02. The lowest BCUT2D eigenvalue weighted by Crippen LogP contribution is -1.86. The lowest BCUT2D eigenvalue weighted by Gasteiger charge is -1.99. The van der Waals surface area contributed by atoms with Crippen molar-refractivity contribution in [1.82, 2.24) is 10.1 Å². The molecular weight excluding hydrogens is 278 g/mol. The normalized spacial score (nSPS) is 10.8. The third kappa shape index (κ3) is 2.47. The molecule has 2 aromatic carbocycles. The van der Waals surface area contributed by atoms with Gasteiger partial charge in [-0.15, -0.1) is 0 Å². The summed E-state index contributed by atoms with van der Waals surface area (Å²) in [6.07, 6.45) is 0. The molecule has 0 fully saturated rings. The van der Waals surface area contributed by atoms with Crippen LogP contribution in [0, 0.1) is 18.6 Å². The maximum absolute atomic E-state index is 13.5. The molecule has 21 heavy (non-hydrogen) atoms. The highest BCUT2D eigenvalue weighted by molar-refractivity contribution is 5.65. The molecule has 0 aliphatic heterocycles. The number of phenolic OH excluding ortho intramolecular Hbond substituents is 1. The predicted molar refractivity (Wildman–Crippen MR) is 71.5 cm³/mol. The quantitative estimate of drug-likeness (QED) is 0.781. The van der Waals surface area contributed by atoms with E-state index in [1.165, 1.54) is 18.2 Å². The monoisotopic (exact) mass is 288 g/mol. The van der Waals surface area contributed by atoms with E-state index in [0.29, 0.717) is 11.1 Å². The van der Waals surface area contributed by atoms with Gasteiger partial charge in [0.25, 0.3) is 5.89 Å². The number of hydrogen-bond acceptors (Lipinski definition) is 4. The minimum absolute atomic E-state index is 0.0310. The van der Waals surface area contributed by atoms with Crippen LogP contribution in [-0.2, 0) is 0 Å². The molecule has 0 saturated heterocycles. The zero-order chi connectivity index (χ0) is 15.0. The molecule has 1 heterocycles. The molecule has 0 spiro atoms. The van der Waals surface area contributed by atoms with Gasteiger partial charge in [-0.2, -0.15) is 4.98 Å². The Morgan fingerprint density at radius 1 is 1.10 bits per heavy atom. The molecule has 6 heteroatoms. The van der Waals surface area contributed by atoms with Gasteiger partial charge in [0.05, 0.1) is 5.56 Å². The Morgan fingerprint density at radius 3 is 2.62 bits per heavy atom. The van der Waals surface area contributed by atoms with E-state index in [4.69, 9.17) is 4.52 Å². The van der Waals surface area contributed by atoms with Crippen molar-refractivity contribution in [2.24, 2.45) is 0 Å². The Morgan fingerprint density at radius 2 is 1.90 bits per heavy atom. The first-order valence-corrected chi connectivity index (χ1v) is 6.14. The molecular formula is C15H10F2N2O2. The second-order valence-electron chi connectivity index (χ2n) is 4.55. The fourth-order valence-electron chi connectivity index (χ4n) is 1.87. The molecule has 0 atom stereocenters. The number of hydrogen-bond donors (Lipinski definition) is 1. The first-order valence-electron chi connectivity index (χ1n) is 6.14. The van der Waals surface area contributed by atoms with Crippen LogP contribution < -0.4 is 0 Å². The second-order valence-corrected chi connectivity index (χ2v) is 4.55. The minimum Gasteiger partial charge on any atom is -0.507 e. The average Bonchev–Trinajstić information content (AvgIpc) is 2.91. The number of halogens is 2. The van der Waals surface area contributed by atoms with Crippen LogP contribution in [0.3, 0.4) is 0 Å². The van der Waals surface area contributed by atoms with Crippen LogP contribution >= 0.6 is 0 Å². The summed E-state index contributed by atoms with van der Waals surface area (Å²) < 4.78 is 31.5. The highest BCUT2D eigenvalue weighted by Crippen LogP contribution is 2.30. The summed E-state index contributed by atoms with van der Waals surface area (Å²) in [7, 11) is 0. The van der Waals surface area contributed by atoms with Crippen LogP contribution in [0.25, 0.3) is 22.8 Å². The van der Waals surface area contributed by atoms with E-state index in [2.05, 4.69) is 10.1 Å². The van der Waals surface area contributed by atoms with Gasteiger partial charge in [-0.3, -0.25) is 0 Å². The molecule has 1 aromatic heterocycles. The minimum atomic E-state index is -0.573. The van der Waals surface area contributed by atoms with E-state index in [0.717, 1.165) is 6.07 Å². The van der Waals surface area contributed by atoms with Gasteiger partial charge in [0.15, 0.2) is 0 Å². The number of aromatic nitrogens is 2. The lowest BCUT2D eigenvalue weighted by molar-refractivity contribution is 0.425. The molecule has 0 amide bonds. The summed E-state index contributed by atoms with van der Waals surface area (Å²) in [5, 5.41) is 13.4. The number of rotatable bonds is 2. The van der Waals surface area contributed by atoms with Gasteiger partial charge in [0.1, 0.15) is 17.4 Å². The zero-order valence-electron chi connectivity index (χ0n) is 11.0. The van der Waals surface area contributed by atoms with E-state index in [-0.39, 0.29) is 28.8 Å². The SMILES string of the molecule is Cc1ccc(-c2noc(-c3ccc(F)cc3O)n2)cc1F. The van der Waals surface area contributed by atoms with Crippen LogP contribution in [0.5, 0.6) is 5.75 Å². The van der Waals surface area contributed by atoms with Crippen molar-refractivity contribution in [3.63, 3.8) is 0 Å². The third-order valence-electron chi connectivity index (χ3n) is 3.05.